The summed E-state index contributed by atoms with van der Waals surface area (Å²) in [5, 5.41) is 0.0876. The average Bonchev–Trinajstić information content (AvgIpc) is 3.08. The van der Waals surface area contributed by atoms with Gasteiger partial charge in [-0.25, -0.2) is 21.6 Å². The van der Waals surface area contributed by atoms with Crippen molar-refractivity contribution in [2.45, 2.75) is 24.0 Å². The molecular formula is C21H18F4N2O5S. The molecule has 33 heavy (non-hydrogen) atoms. The van der Waals surface area contributed by atoms with Gasteiger partial charge >= 0.3 is 12.1 Å². The molecule has 1 saturated heterocycles. The van der Waals surface area contributed by atoms with Gasteiger partial charge in [-0.3, -0.25) is 4.90 Å². The molecule has 1 aliphatic rings. The zero-order valence-corrected chi connectivity index (χ0v) is 18.0. The molecule has 176 valence electrons. The molecule has 7 nitrogen and oxygen atoms in total. The lowest BCUT2D eigenvalue weighted by Gasteiger charge is -2.31. The molecule has 0 atom stereocenters. The number of ether oxygens (including phenoxy) is 2. The van der Waals surface area contributed by atoms with E-state index >= 15 is 0 Å². The summed E-state index contributed by atoms with van der Waals surface area (Å²) in [4.78, 5) is 13.2. The van der Waals surface area contributed by atoms with Crippen molar-refractivity contribution >= 4 is 26.9 Å². The summed E-state index contributed by atoms with van der Waals surface area (Å²) in [5.41, 5.74) is -0.0452. The summed E-state index contributed by atoms with van der Waals surface area (Å²) >= 11 is 0. The largest absolute Gasteiger partial charge is 0.493 e. The van der Waals surface area contributed by atoms with E-state index in [0.717, 1.165) is 18.6 Å². The number of esters is 1. The number of hydrogen-bond donors (Lipinski definition) is 0. The Balaban J connectivity index is 2.01. The van der Waals surface area contributed by atoms with E-state index in [9.17, 15) is 30.8 Å². The zero-order chi connectivity index (χ0) is 24.0. The van der Waals surface area contributed by atoms with Crippen LogP contribution in [0.4, 0.5) is 17.6 Å². The predicted molar refractivity (Wildman–Crippen MR) is 109 cm³/mol. The summed E-state index contributed by atoms with van der Waals surface area (Å²) in [7, 11) is -3.34. The molecule has 12 heteroatoms. The van der Waals surface area contributed by atoms with Crippen molar-refractivity contribution in [3.8, 4) is 11.6 Å². The minimum Gasteiger partial charge on any atom is -0.493 e. The Hall–Kier alpha value is -3.12. The maximum atomic E-state index is 14.9. The number of carbonyl (C=O) groups is 1. The van der Waals surface area contributed by atoms with E-state index in [0.29, 0.717) is 17.1 Å². The van der Waals surface area contributed by atoms with E-state index in [1.54, 1.807) is 6.07 Å². The van der Waals surface area contributed by atoms with Crippen LogP contribution in [0, 0.1) is 5.82 Å². The number of nitrogens with zero attached hydrogens (tertiary/aromatic N) is 2. The number of halogens is 4. The topological polar surface area (TPSA) is 77.8 Å². The fourth-order valence-electron chi connectivity index (χ4n) is 3.62. The Labute approximate surface area is 186 Å². The van der Waals surface area contributed by atoms with Crippen LogP contribution >= 0.6 is 0 Å². The highest BCUT2D eigenvalue weighted by Crippen LogP contribution is 2.39. The molecule has 1 aliphatic heterocycles. The maximum Gasteiger partial charge on any atom is 0.491 e. The molecular weight excluding hydrogens is 468 g/mol. The molecule has 1 fully saturated rings. The third-order valence-electron chi connectivity index (χ3n) is 5.29. The van der Waals surface area contributed by atoms with Gasteiger partial charge < -0.3 is 9.47 Å². The number of alkyl halides is 3. The number of benzene rings is 2. The van der Waals surface area contributed by atoms with Crippen LogP contribution in [0.25, 0.3) is 10.9 Å². The first-order valence-electron chi connectivity index (χ1n) is 9.77. The van der Waals surface area contributed by atoms with E-state index in [-0.39, 0.29) is 33.7 Å². The highest BCUT2D eigenvalue weighted by molar-refractivity contribution is 7.90. The number of methoxy groups -OCH3 is 1. The van der Waals surface area contributed by atoms with E-state index in [4.69, 9.17) is 4.74 Å². The van der Waals surface area contributed by atoms with Crippen molar-refractivity contribution in [3.05, 3.63) is 53.8 Å². The van der Waals surface area contributed by atoms with Gasteiger partial charge in [-0.2, -0.15) is 13.2 Å². The molecule has 2 heterocycles. The third-order valence-corrected chi connectivity index (χ3v) is 7.01. The van der Waals surface area contributed by atoms with Crippen molar-refractivity contribution in [3.63, 3.8) is 0 Å². The lowest BCUT2D eigenvalue weighted by atomic mass is 10.1. The van der Waals surface area contributed by atoms with Crippen LogP contribution in [0.3, 0.4) is 0 Å². The molecule has 0 radical (unpaired) electrons. The van der Waals surface area contributed by atoms with Crippen molar-refractivity contribution < 1.29 is 40.2 Å². The normalized spacial score (nSPS) is 14.8. The van der Waals surface area contributed by atoms with Crippen LogP contribution in [0.5, 0.6) is 11.6 Å². The number of aromatic nitrogens is 1. The van der Waals surface area contributed by atoms with Crippen LogP contribution in [0.2, 0.25) is 0 Å². The SMILES string of the molecule is COc1c(F)cc2c(cc(OC(=O)C(F)(F)F)n2S(=O)(=O)c2ccccc2)c1CN1CCC1. The highest BCUT2D eigenvalue weighted by atomic mass is 32.2. The molecule has 4 rings (SSSR count). The Morgan fingerprint density at radius 2 is 1.79 bits per heavy atom. The van der Waals surface area contributed by atoms with Crippen LogP contribution in [0.1, 0.15) is 12.0 Å². The smallest absolute Gasteiger partial charge is 0.491 e. The Morgan fingerprint density at radius 1 is 1.12 bits per heavy atom. The fourth-order valence-corrected chi connectivity index (χ4v) is 5.07. The molecule has 0 N–H and O–H groups in total. The van der Waals surface area contributed by atoms with E-state index in [1.807, 2.05) is 4.90 Å². The maximum absolute atomic E-state index is 14.9. The second kappa shape index (κ2) is 8.34. The summed E-state index contributed by atoms with van der Waals surface area (Å²) < 4.78 is 90.4. The van der Waals surface area contributed by atoms with Crippen molar-refractivity contribution in [2.75, 3.05) is 20.2 Å². The molecule has 2 aromatic carbocycles. The molecule has 0 amide bonds. The first kappa shape index (κ1) is 23.1. The van der Waals surface area contributed by atoms with Crippen LogP contribution in [0.15, 0.2) is 47.4 Å². The van der Waals surface area contributed by atoms with Gasteiger partial charge in [-0.05, 0) is 31.6 Å². The lowest BCUT2D eigenvalue weighted by Crippen LogP contribution is -2.36. The molecule has 1 aromatic heterocycles. The Bertz CT molecular complexity index is 1320. The molecule has 0 unspecified atom stereocenters. The number of likely N-dealkylation sites (tertiary alicyclic amines) is 1. The molecule has 0 bridgehead atoms. The van der Waals surface area contributed by atoms with Gasteiger partial charge in [0.25, 0.3) is 10.0 Å². The predicted octanol–water partition coefficient (Wildman–Crippen LogP) is 3.70. The number of carbonyl (C=O) groups excluding carboxylic acids is 1. The first-order chi connectivity index (χ1) is 15.5. The Kier molecular flexibility index (Phi) is 5.83. The van der Waals surface area contributed by atoms with Crippen LogP contribution < -0.4 is 9.47 Å². The summed E-state index contributed by atoms with van der Waals surface area (Å²) in [6, 6.07) is 8.63. The standard InChI is InChI=1S/C21H18F4N2O5S/c1-31-19-15(12-26-8-5-9-26)14-10-18(32-20(28)21(23,24)25)27(17(14)11-16(19)22)33(29,30)13-6-3-2-4-7-13/h2-4,6-7,10-11H,5,8-9,12H2,1H3. The van der Waals surface area contributed by atoms with Gasteiger partial charge in [-0.1, -0.05) is 18.2 Å². The molecule has 0 spiro atoms. The monoisotopic (exact) mass is 486 g/mol. The second-order valence-corrected chi connectivity index (χ2v) is 9.17. The number of rotatable bonds is 6. The van der Waals surface area contributed by atoms with E-state index in [1.165, 1.54) is 31.4 Å². The zero-order valence-electron chi connectivity index (χ0n) is 17.2. The second-order valence-electron chi connectivity index (χ2n) is 7.39. The van der Waals surface area contributed by atoms with Crippen LogP contribution in [-0.4, -0.2) is 49.6 Å². The van der Waals surface area contributed by atoms with Gasteiger partial charge in [0.2, 0.25) is 5.88 Å². The van der Waals surface area contributed by atoms with Gasteiger partial charge in [-0.15, -0.1) is 0 Å². The summed E-state index contributed by atoms with van der Waals surface area (Å²) in [6.45, 7) is 1.58. The quantitative estimate of drug-likeness (QED) is 0.391. The van der Waals surface area contributed by atoms with E-state index < -0.39 is 33.9 Å². The summed E-state index contributed by atoms with van der Waals surface area (Å²) in [6.07, 6.45) is -4.46. The average molecular weight is 486 g/mol. The van der Waals surface area contributed by atoms with Gasteiger partial charge in [0.1, 0.15) is 0 Å². The van der Waals surface area contributed by atoms with Gasteiger partial charge in [0.05, 0.1) is 17.5 Å². The lowest BCUT2D eigenvalue weighted by molar-refractivity contribution is -0.190. The third kappa shape index (κ3) is 4.15. The molecule has 0 aliphatic carbocycles. The minimum absolute atomic E-state index is 0.0876. The molecule has 0 saturated carbocycles. The number of fused-ring (bicyclic) bond motifs is 1. The van der Waals surface area contributed by atoms with Crippen molar-refractivity contribution in [2.24, 2.45) is 0 Å². The fraction of sp³-hybridized carbons (Fsp3) is 0.286. The van der Waals surface area contributed by atoms with Crippen molar-refractivity contribution in [1.82, 2.24) is 8.87 Å². The number of hydrogen-bond acceptors (Lipinski definition) is 6. The van der Waals surface area contributed by atoms with Crippen molar-refractivity contribution in [1.29, 1.82) is 0 Å². The first-order valence-corrected chi connectivity index (χ1v) is 11.2. The van der Waals surface area contributed by atoms with Gasteiger partial charge in [0, 0.05) is 29.6 Å². The highest BCUT2D eigenvalue weighted by Gasteiger charge is 2.43. The van der Waals surface area contributed by atoms with E-state index in [2.05, 4.69) is 4.74 Å². The molecule has 3 aromatic rings. The van der Waals surface area contributed by atoms with Crippen LogP contribution in [-0.2, 0) is 21.4 Å². The summed E-state index contributed by atoms with van der Waals surface area (Å²) in [5.74, 6) is -4.59. The minimum atomic E-state index is -5.37. The Morgan fingerprint density at radius 3 is 2.33 bits per heavy atom. The van der Waals surface area contributed by atoms with Gasteiger partial charge in [0.15, 0.2) is 11.6 Å².